The third-order valence-corrected chi connectivity index (χ3v) is 5.65. The van der Waals surface area contributed by atoms with E-state index in [4.69, 9.17) is 0 Å². The Morgan fingerprint density at radius 1 is 0.500 bits per heavy atom. The molecule has 24 heavy (non-hydrogen) atoms. The Balaban J connectivity index is 1.79. The van der Waals surface area contributed by atoms with Gasteiger partial charge >= 0.3 is 0 Å². The summed E-state index contributed by atoms with van der Waals surface area (Å²) in [6.45, 7) is 11.8. The lowest BCUT2D eigenvalue weighted by atomic mass is 10.1. The highest BCUT2D eigenvalue weighted by Gasteiger charge is 2.14. The summed E-state index contributed by atoms with van der Waals surface area (Å²) in [7, 11) is 4.56. The zero-order valence-corrected chi connectivity index (χ0v) is 15.6. The van der Waals surface area contributed by atoms with Crippen LogP contribution in [0.15, 0.2) is 24.3 Å². The molecule has 0 N–H and O–H groups in total. The van der Waals surface area contributed by atoms with Crippen molar-refractivity contribution in [1.82, 2.24) is 19.6 Å². The van der Waals surface area contributed by atoms with Gasteiger partial charge in [0.15, 0.2) is 0 Å². The van der Waals surface area contributed by atoms with Gasteiger partial charge in [0, 0.05) is 65.4 Å². The van der Waals surface area contributed by atoms with E-state index in [0.29, 0.717) is 0 Å². The zero-order chi connectivity index (χ0) is 16.8. The summed E-state index contributed by atoms with van der Waals surface area (Å²) < 4.78 is 0. The third kappa shape index (κ3) is 5.55. The van der Waals surface area contributed by atoms with Gasteiger partial charge in [0.05, 0.1) is 0 Å². The molecule has 0 aromatic heterocycles. The molecule has 0 unspecified atom stereocenters. The topological polar surface area (TPSA) is 13.0 Å². The molecule has 4 nitrogen and oxygen atoms in total. The Morgan fingerprint density at radius 2 is 0.833 bits per heavy atom. The van der Waals surface area contributed by atoms with Crippen molar-refractivity contribution in [2.24, 2.45) is 0 Å². The van der Waals surface area contributed by atoms with Crippen molar-refractivity contribution >= 4 is 0 Å². The molecule has 0 radical (unpaired) electrons. The fourth-order valence-corrected chi connectivity index (χ4v) is 3.59. The fourth-order valence-electron chi connectivity index (χ4n) is 3.59. The predicted molar refractivity (Wildman–Crippen MR) is 102 cm³/mol. The monoisotopic (exact) mass is 330 g/mol. The maximum absolute atomic E-state index is 2.65. The van der Waals surface area contributed by atoms with Crippen LogP contribution in [-0.2, 0) is 12.8 Å². The normalized spacial score (nSPS) is 28.6. The number of rotatable bonds is 0. The van der Waals surface area contributed by atoms with Crippen LogP contribution in [0.2, 0.25) is 0 Å². The summed E-state index contributed by atoms with van der Waals surface area (Å²) in [5.41, 5.74) is 2.96. The number of hydrogen-bond donors (Lipinski definition) is 0. The predicted octanol–water partition coefficient (Wildman–Crippen LogP) is 1.27. The Kier molecular flexibility index (Phi) is 6.67. The van der Waals surface area contributed by atoms with E-state index >= 15 is 0 Å². The first-order valence-electron chi connectivity index (χ1n) is 9.59. The van der Waals surface area contributed by atoms with E-state index in [-0.39, 0.29) is 0 Å². The Morgan fingerprint density at radius 3 is 1.17 bits per heavy atom. The molecule has 0 atom stereocenters. The molecule has 1 fully saturated rings. The third-order valence-electron chi connectivity index (χ3n) is 5.65. The Labute approximate surface area is 148 Å². The molecule has 1 aromatic rings. The summed E-state index contributed by atoms with van der Waals surface area (Å²) in [5, 5.41) is 0. The van der Waals surface area contributed by atoms with Crippen molar-refractivity contribution in [3.8, 4) is 0 Å². The zero-order valence-electron chi connectivity index (χ0n) is 15.6. The van der Waals surface area contributed by atoms with Crippen LogP contribution >= 0.6 is 0 Å². The van der Waals surface area contributed by atoms with Crippen LogP contribution in [0.4, 0.5) is 0 Å². The summed E-state index contributed by atoms with van der Waals surface area (Å²) >= 11 is 0. The minimum absolute atomic E-state index is 1.17. The van der Waals surface area contributed by atoms with E-state index < -0.39 is 0 Å². The van der Waals surface area contributed by atoms with E-state index in [0.717, 1.165) is 0 Å². The van der Waals surface area contributed by atoms with Crippen LogP contribution in [-0.4, -0.2) is 99.1 Å². The van der Waals surface area contributed by atoms with E-state index in [9.17, 15) is 0 Å². The van der Waals surface area contributed by atoms with Crippen molar-refractivity contribution < 1.29 is 0 Å². The highest BCUT2D eigenvalue weighted by molar-refractivity contribution is 5.23. The van der Waals surface area contributed by atoms with Crippen LogP contribution in [0.1, 0.15) is 11.1 Å². The van der Waals surface area contributed by atoms with E-state index in [2.05, 4.69) is 58.0 Å². The lowest BCUT2D eigenvalue weighted by Crippen LogP contribution is -2.44. The molecule has 1 saturated heterocycles. The van der Waals surface area contributed by atoms with Crippen LogP contribution in [0.5, 0.6) is 0 Å². The summed E-state index contributed by atoms with van der Waals surface area (Å²) in [5.74, 6) is 0. The van der Waals surface area contributed by atoms with Crippen LogP contribution in [0.3, 0.4) is 0 Å². The van der Waals surface area contributed by atoms with Gasteiger partial charge in [-0.2, -0.15) is 0 Å². The molecule has 5 heterocycles. The van der Waals surface area contributed by atoms with Gasteiger partial charge in [0.1, 0.15) is 0 Å². The summed E-state index contributed by atoms with van der Waals surface area (Å²) in [6.07, 6.45) is 2.33. The van der Waals surface area contributed by atoms with Crippen molar-refractivity contribution in [3.63, 3.8) is 0 Å². The number of likely N-dealkylation sites (N-methyl/N-ethyl adjacent to an activating group) is 2. The molecule has 1 aromatic carbocycles. The molecular formula is C20H34N4. The second kappa shape index (κ2) is 8.95. The van der Waals surface area contributed by atoms with Crippen molar-refractivity contribution in [2.75, 3.05) is 79.5 Å². The largest absolute Gasteiger partial charge is 0.304 e. The average Bonchev–Trinajstić information content (AvgIpc) is 2.61. The lowest BCUT2D eigenvalue weighted by molar-refractivity contribution is 0.156. The maximum Gasteiger partial charge on any atom is 0.0110 e. The molecule has 5 aliphatic heterocycles. The fraction of sp³-hybridized carbons (Fsp3) is 0.700. The van der Waals surface area contributed by atoms with Crippen molar-refractivity contribution in [2.45, 2.75) is 12.8 Å². The first-order valence-corrected chi connectivity index (χ1v) is 9.59. The van der Waals surface area contributed by atoms with Crippen LogP contribution < -0.4 is 0 Å². The molecule has 4 bridgehead atoms. The standard InChI is InChI=1S/C20H34N4/c1-21-11-15-23-9-7-19-3-4-20(6-5-19)8-10-24(16-12-21)18-14-22(2)13-17-23/h3-6H,7-18H2,1-2H3. The first kappa shape index (κ1) is 17.9. The molecule has 0 spiro atoms. The van der Waals surface area contributed by atoms with Gasteiger partial charge in [-0.1, -0.05) is 24.3 Å². The molecule has 5 aliphatic rings. The second-order valence-electron chi connectivity index (χ2n) is 7.61. The van der Waals surface area contributed by atoms with Gasteiger partial charge in [-0.3, -0.25) is 0 Å². The number of benzene rings is 1. The minimum atomic E-state index is 1.17. The average molecular weight is 331 g/mol. The number of nitrogens with zero attached hydrogens (tertiary/aromatic N) is 4. The SMILES string of the molecule is CN1CCN2CCc3ccc(cc3)CCN(CC1)CCN(C)CC2. The van der Waals surface area contributed by atoms with Gasteiger partial charge in [-0.05, 0) is 38.1 Å². The van der Waals surface area contributed by atoms with Gasteiger partial charge in [-0.25, -0.2) is 0 Å². The summed E-state index contributed by atoms with van der Waals surface area (Å²) in [4.78, 5) is 10.3. The molecular weight excluding hydrogens is 296 g/mol. The van der Waals surface area contributed by atoms with Gasteiger partial charge in [-0.15, -0.1) is 0 Å². The minimum Gasteiger partial charge on any atom is -0.304 e. The van der Waals surface area contributed by atoms with Gasteiger partial charge in [0.25, 0.3) is 0 Å². The summed E-state index contributed by atoms with van der Waals surface area (Å²) in [6, 6.07) is 9.37. The lowest BCUT2D eigenvalue weighted by Gasteiger charge is -2.32. The molecule has 0 aliphatic carbocycles. The quantitative estimate of drug-likeness (QED) is 0.710. The maximum atomic E-state index is 2.65. The highest BCUT2D eigenvalue weighted by atomic mass is 15.2. The van der Waals surface area contributed by atoms with Gasteiger partial charge in [0.2, 0.25) is 0 Å². The first-order chi connectivity index (χ1) is 11.7. The van der Waals surface area contributed by atoms with Crippen LogP contribution in [0, 0.1) is 0 Å². The number of hydrogen-bond acceptors (Lipinski definition) is 4. The Hall–Kier alpha value is -0.940. The smallest absolute Gasteiger partial charge is 0.0110 e. The van der Waals surface area contributed by atoms with E-state index in [1.165, 1.54) is 89.4 Å². The van der Waals surface area contributed by atoms with Crippen molar-refractivity contribution in [3.05, 3.63) is 35.4 Å². The molecule has 6 rings (SSSR count). The second-order valence-corrected chi connectivity index (χ2v) is 7.61. The van der Waals surface area contributed by atoms with Crippen LogP contribution in [0.25, 0.3) is 0 Å². The van der Waals surface area contributed by atoms with Gasteiger partial charge < -0.3 is 19.6 Å². The molecule has 0 saturated carbocycles. The highest BCUT2D eigenvalue weighted by Crippen LogP contribution is 2.09. The molecule has 4 heteroatoms. The Bertz CT molecular complexity index is 426. The molecule has 0 amide bonds. The van der Waals surface area contributed by atoms with E-state index in [1.807, 2.05) is 0 Å². The van der Waals surface area contributed by atoms with Crippen molar-refractivity contribution in [1.29, 1.82) is 0 Å². The van der Waals surface area contributed by atoms with E-state index in [1.54, 1.807) is 0 Å². The molecule has 134 valence electrons.